The van der Waals surface area contributed by atoms with Gasteiger partial charge in [0.05, 0.1) is 5.52 Å². The molecule has 1 heterocycles. The van der Waals surface area contributed by atoms with Gasteiger partial charge in [-0.05, 0) is 24.0 Å². The normalized spacial score (nSPS) is 11.2. The average Bonchev–Trinajstić information content (AvgIpc) is 2.28. The fourth-order valence-electron chi connectivity index (χ4n) is 1.91. The SMILES string of the molecule is CC(C)c1cccc2ccc(CCBr)nc12. The van der Waals surface area contributed by atoms with Gasteiger partial charge in [0.15, 0.2) is 0 Å². The molecule has 0 aliphatic rings. The molecule has 0 spiro atoms. The van der Waals surface area contributed by atoms with E-state index in [9.17, 15) is 0 Å². The highest BCUT2D eigenvalue weighted by molar-refractivity contribution is 9.09. The number of aryl methyl sites for hydroxylation is 1. The predicted octanol–water partition coefficient (Wildman–Crippen LogP) is 4.30. The number of fused-ring (bicyclic) bond motifs is 1. The smallest absolute Gasteiger partial charge is 0.0739 e. The van der Waals surface area contributed by atoms with Gasteiger partial charge in [-0.2, -0.15) is 0 Å². The molecule has 1 aromatic heterocycles. The highest BCUT2D eigenvalue weighted by Gasteiger charge is 2.06. The van der Waals surface area contributed by atoms with Gasteiger partial charge in [-0.15, -0.1) is 0 Å². The molecule has 0 saturated carbocycles. The second-order valence-corrected chi connectivity index (χ2v) is 5.11. The first-order valence-corrected chi connectivity index (χ1v) is 6.79. The number of benzene rings is 1. The van der Waals surface area contributed by atoms with Crippen molar-refractivity contribution < 1.29 is 0 Å². The molecule has 1 nitrogen and oxygen atoms in total. The van der Waals surface area contributed by atoms with Crippen molar-refractivity contribution in [3.05, 3.63) is 41.6 Å². The van der Waals surface area contributed by atoms with Crippen LogP contribution in [-0.4, -0.2) is 10.3 Å². The summed E-state index contributed by atoms with van der Waals surface area (Å²) < 4.78 is 0. The van der Waals surface area contributed by atoms with E-state index in [1.165, 1.54) is 10.9 Å². The number of hydrogen-bond donors (Lipinski definition) is 0. The Balaban J connectivity index is 2.59. The monoisotopic (exact) mass is 277 g/mol. The molecule has 0 N–H and O–H groups in total. The molecule has 0 saturated heterocycles. The van der Waals surface area contributed by atoms with Crippen LogP contribution in [0.3, 0.4) is 0 Å². The van der Waals surface area contributed by atoms with Gasteiger partial charge in [0, 0.05) is 16.4 Å². The molecule has 0 amide bonds. The lowest BCUT2D eigenvalue weighted by Crippen LogP contribution is -1.96. The summed E-state index contributed by atoms with van der Waals surface area (Å²) in [5.41, 5.74) is 3.67. The van der Waals surface area contributed by atoms with Crippen LogP contribution in [0.15, 0.2) is 30.3 Å². The Hall–Kier alpha value is -0.890. The minimum absolute atomic E-state index is 0.524. The molecule has 0 unspecified atom stereocenters. The Bertz CT molecular complexity index is 491. The van der Waals surface area contributed by atoms with E-state index >= 15 is 0 Å². The lowest BCUT2D eigenvalue weighted by Gasteiger charge is -2.10. The standard InChI is InChI=1S/C14H16BrN/c1-10(2)13-5-3-4-11-6-7-12(8-9-15)16-14(11)13/h3-7,10H,8-9H2,1-2H3. The van der Waals surface area contributed by atoms with E-state index < -0.39 is 0 Å². The van der Waals surface area contributed by atoms with Gasteiger partial charge in [-0.3, -0.25) is 4.98 Å². The van der Waals surface area contributed by atoms with Crippen molar-refractivity contribution in [2.24, 2.45) is 0 Å². The molecule has 1 aromatic carbocycles. The van der Waals surface area contributed by atoms with Crippen molar-refractivity contribution in [3.63, 3.8) is 0 Å². The van der Waals surface area contributed by atoms with Crippen LogP contribution >= 0.6 is 15.9 Å². The second kappa shape index (κ2) is 4.96. The third-order valence-corrected chi connectivity index (χ3v) is 3.18. The first kappa shape index (κ1) is 11.6. The maximum Gasteiger partial charge on any atom is 0.0739 e. The zero-order chi connectivity index (χ0) is 11.5. The number of aromatic nitrogens is 1. The average molecular weight is 278 g/mol. The molecule has 2 aromatic rings. The van der Waals surface area contributed by atoms with Crippen LogP contribution in [-0.2, 0) is 6.42 Å². The predicted molar refractivity (Wildman–Crippen MR) is 73.3 cm³/mol. The van der Waals surface area contributed by atoms with E-state index in [2.05, 4.69) is 60.1 Å². The van der Waals surface area contributed by atoms with Crippen molar-refractivity contribution in [2.75, 3.05) is 5.33 Å². The van der Waals surface area contributed by atoms with Crippen LogP contribution in [0.5, 0.6) is 0 Å². The van der Waals surface area contributed by atoms with E-state index in [0.29, 0.717) is 5.92 Å². The summed E-state index contributed by atoms with van der Waals surface area (Å²) in [7, 11) is 0. The number of nitrogens with zero attached hydrogens (tertiary/aromatic N) is 1. The van der Waals surface area contributed by atoms with Crippen molar-refractivity contribution in [1.82, 2.24) is 4.98 Å². The summed E-state index contributed by atoms with van der Waals surface area (Å²) in [5, 5.41) is 2.21. The zero-order valence-electron chi connectivity index (χ0n) is 9.70. The summed E-state index contributed by atoms with van der Waals surface area (Å²) in [6.45, 7) is 4.43. The summed E-state index contributed by atoms with van der Waals surface area (Å²) in [6, 6.07) is 10.7. The number of hydrogen-bond acceptors (Lipinski definition) is 1. The van der Waals surface area contributed by atoms with Gasteiger partial charge < -0.3 is 0 Å². The molecular weight excluding hydrogens is 262 g/mol. The second-order valence-electron chi connectivity index (χ2n) is 4.32. The lowest BCUT2D eigenvalue weighted by atomic mass is 9.99. The van der Waals surface area contributed by atoms with Gasteiger partial charge in [0.25, 0.3) is 0 Å². The minimum atomic E-state index is 0.524. The van der Waals surface area contributed by atoms with Crippen LogP contribution in [0.25, 0.3) is 10.9 Å². The minimum Gasteiger partial charge on any atom is -0.253 e. The van der Waals surface area contributed by atoms with E-state index in [4.69, 9.17) is 4.98 Å². The van der Waals surface area contributed by atoms with Crippen LogP contribution in [0.2, 0.25) is 0 Å². The first-order chi connectivity index (χ1) is 7.72. The third kappa shape index (κ3) is 2.27. The number of rotatable bonds is 3. The van der Waals surface area contributed by atoms with Gasteiger partial charge in [0.2, 0.25) is 0 Å². The van der Waals surface area contributed by atoms with Crippen molar-refractivity contribution in [3.8, 4) is 0 Å². The van der Waals surface area contributed by atoms with Gasteiger partial charge in [-0.1, -0.05) is 54.0 Å². The fourth-order valence-corrected chi connectivity index (χ4v) is 2.32. The molecule has 0 aliphatic heterocycles. The number of para-hydroxylation sites is 1. The molecule has 16 heavy (non-hydrogen) atoms. The summed E-state index contributed by atoms with van der Waals surface area (Å²) in [6.07, 6.45) is 0.988. The fraction of sp³-hybridized carbons (Fsp3) is 0.357. The van der Waals surface area contributed by atoms with Crippen molar-refractivity contribution >= 4 is 26.8 Å². The lowest BCUT2D eigenvalue weighted by molar-refractivity contribution is 0.871. The van der Waals surface area contributed by atoms with E-state index in [0.717, 1.165) is 23.0 Å². The maximum absolute atomic E-state index is 4.76. The van der Waals surface area contributed by atoms with Crippen LogP contribution < -0.4 is 0 Å². The van der Waals surface area contributed by atoms with Crippen LogP contribution in [0.4, 0.5) is 0 Å². The molecule has 2 heteroatoms. The quantitative estimate of drug-likeness (QED) is 0.763. The highest BCUT2D eigenvalue weighted by atomic mass is 79.9. The molecule has 84 valence electrons. The first-order valence-electron chi connectivity index (χ1n) is 5.67. The Morgan fingerprint density at radius 2 is 2.00 bits per heavy atom. The van der Waals surface area contributed by atoms with Gasteiger partial charge >= 0.3 is 0 Å². The number of pyridine rings is 1. The van der Waals surface area contributed by atoms with Gasteiger partial charge in [0.1, 0.15) is 0 Å². The summed E-state index contributed by atoms with van der Waals surface area (Å²) in [5.74, 6) is 0.524. The molecule has 0 radical (unpaired) electrons. The van der Waals surface area contributed by atoms with E-state index in [-0.39, 0.29) is 0 Å². The number of alkyl halides is 1. The number of halogens is 1. The molecule has 0 fully saturated rings. The molecule has 2 rings (SSSR count). The Morgan fingerprint density at radius 3 is 2.69 bits per heavy atom. The van der Waals surface area contributed by atoms with Crippen molar-refractivity contribution in [2.45, 2.75) is 26.2 Å². The van der Waals surface area contributed by atoms with Crippen LogP contribution in [0.1, 0.15) is 31.0 Å². The Kier molecular flexibility index (Phi) is 3.59. The largest absolute Gasteiger partial charge is 0.253 e. The van der Waals surface area contributed by atoms with E-state index in [1.54, 1.807) is 0 Å². The molecular formula is C14H16BrN. The zero-order valence-corrected chi connectivity index (χ0v) is 11.3. The van der Waals surface area contributed by atoms with Crippen molar-refractivity contribution in [1.29, 1.82) is 0 Å². The van der Waals surface area contributed by atoms with Crippen LogP contribution in [0, 0.1) is 0 Å². The summed E-state index contributed by atoms with van der Waals surface area (Å²) in [4.78, 5) is 4.76. The molecule has 0 aliphatic carbocycles. The maximum atomic E-state index is 4.76. The third-order valence-electron chi connectivity index (χ3n) is 2.78. The van der Waals surface area contributed by atoms with E-state index in [1.807, 2.05) is 0 Å². The Morgan fingerprint density at radius 1 is 1.19 bits per heavy atom. The Labute approximate surface area is 105 Å². The summed E-state index contributed by atoms with van der Waals surface area (Å²) >= 11 is 3.46. The highest BCUT2D eigenvalue weighted by Crippen LogP contribution is 2.24. The topological polar surface area (TPSA) is 12.9 Å². The van der Waals surface area contributed by atoms with Gasteiger partial charge in [-0.25, -0.2) is 0 Å². The molecule has 0 atom stereocenters. The molecule has 0 bridgehead atoms.